The van der Waals surface area contributed by atoms with Crippen molar-refractivity contribution in [3.63, 3.8) is 0 Å². The van der Waals surface area contributed by atoms with E-state index in [-0.39, 0.29) is 5.60 Å². The third-order valence-electron chi connectivity index (χ3n) is 4.41. The predicted octanol–water partition coefficient (Wildman–Crippen LogP) is 2.75. The fourth-order valence-electron chi connectivity index (χ4n) is 3.27. The molecule has 0 unspecified atom stereocenters. The van der Waals surface area contributed by atoms with Crippen LogP contribution in [0.5, 0.6) is 0 Å². The number of hydrogen-bond donors (Lipinski definition) is 0. The largest absolute Gasteiger partial charge is 0.375 e. The zero-order chi connectivity index (χ0) is 13.7. The van der Waals surface area contributed by atoms with E-state index >= 15 is 0 Å². The molecule has 0 radical (unpaired) electrons. The average Bonchev–Trinajstić information content (AvgIpc) is 2.39. The Bertz CT molecular complexity index is 248. The molecule has 0 aromatic rings. The second kappa shape index (κ2) is 7.05. The van der Waals surface area contributed by atoms with Crippen LogP contribution in [0, 0.1) is 0 Å². The Labute approximate surface area is 119 Å². The highest BCUT2D eigenvalue weighted by Gasteiger charge is 2.25. The molecule has 2 fully saturated rings. The summed E-state index contributed by atoms with van der Waals surface area (Å²) in [6.07, 6.45) is 6.99. The predicted molar refractivity (Wildman–Crippen MR) is 80.6 cm³/mol. The molecule has 2 saturated heterocycles. The molecule has 0 spiro atoms. The van der Waals surface area contributed by atoms with Crippen molar-refractivity contribution in [3.8, 4) is 0 Å². The van der Waals surface area contributed by atoms with E-state index in [1.807, 2.05) is 0 Å². The zero-order valence-corrected chi connectivity index (χ0v) is 13.2. The van der Waals surface area contributed by atoms with Gasteiger partial charge in [-0.25, -0.2) is 0 Å². The van der Waals surface area contributed by atoms with Crippen molar-refractivity contribution in [2.24, 2.45) is 0 Å². The van der Waals surface area contributed by atoms with Crippen LogP contribution in [0.1, 0.15) is 52.9 Å². The highest BCUT2D eigenvalue weighted by Crippen LogP contribution is 2.20. The van der Waals surface area contributed by atoms with Gasteiger partial charge < -0.3 is 14.5 Å². The highest BCUT2D eigenvalue weighted by atomic mass is 16.5. The van der Waals surface area contributed by atoms with Gasteiger partial charge in [0.05, 0.1) is 12.2 Å². The molecule has 2 aliphatic heterocycles. The van der Waals surface area contributed by atoms with Crippen molar-refractivity contribution in [2.45, 2.75) is 64.5 Å². The van der Waals surface area contributed by atoms with Crippen molar-refractivity contribution in [1.82, 2.24) is 9.80 Å². The van der Waals surface area contributed by atoms with Crippen molar-refractivity contribution in [2.75, 3.05) is 39.3 Å². The molecule has 2 rings (SSSR count). The molecule has 0 bridgehead atoms. The number of ether oxygens (including phenoxy) is 1. The molecule has 19 heavy (non-hydrogen) atoms. The normalized spacial score (nSPS) is 24.8. The first-order valence-electron chi connectivity index (χ1n) is 8.15. The van der Waals surface area contributed by atoms with E-state index < -0.39 is 0 Å². The van der Waals surface area contributed by atoms with E-state index in [2.05, 4.69) is 30.6 Å². The Hall–Kier alpha value is -0.120. The van der Waals surface area contributed by atoms with Gasteiger partial charge in [-0.15, -0.1) is 0 Å². The van der Waals surface area contributed by atoms with Crippen LogP contribution in [0.4, 0.5) is 0 Å². The molecule has 2 aliphatic rings. The molecule has 0 aromatic carbocycles. The quantitative estimate of drug-likeness (QED) is 0.780. The maximum absolute atomic E-state index is 5.82. The molecule has 0 amide bonds. The zero-order valence-electron chi connectivity index (χ0n) is 13.2. The summed E-state index contributed by atoms with van der Waals surface area (Å²) in [5.41, 5.74) is 0.00607. The van der Waals surface area contributed by atoms with Crippen molar-refractivity contribution < 1.29 is 4.74 Å². The minimum absolute atomic E-state index is 0.00607. The fourth-order valence-corrected chi connectivity index (χ4v) is 3.27. The van der Waals surface area contributed by atoms with Gasteiger partial charge in [0.1, 0.15) is 0 Å². The topological polar surface area (TPSA) is 15.7 Å². The molecular formula is C16H32N2O. The van der Waals surface area contributed by atoms with Gasteiger partial charge in [-0.1, -0.05) is 6.42 Å². The molecule has 0 aliphatic carbocycles. The van der Waals surface area contributed by atoms with Gasteiger partial charge in [-0.2, -0.15) is 0 Å². The minimum Gasteiger partial charge on any atom is -0.375 e. The molecule has 112 valence electrons. The van der Waals surface area contributed by atoms with Crippen LogP contribution in [0.3, 0.4) is 0 Å². The van der Waals surface area contributed by atoms with Gasteiger partial charge in [0.25, 0.3) is 0 Å². The summed E-state index contributed by atoms with van der Waals surface area (Å²) in [5, 5.41) is 0. The lowest BCUT2D eigenvalue weighted by atomic mass is 10.00. The van der Waals surface area contributed by atoms with E-state index in [1.165, 1.54) is 58.3 Å². The van der Waals surface area contributed by atoms with Crippen molar-refractivity contribution in [3.05, 3.63) is 0 Å². The van der Waals surface area contributed by atoms with Crippen molar-refractivity contribution >= 4 is 0 Å². The number of nitrogens with zero attached hydrogens (tertiary/aromatic N) is 2. The molecular weight excluding hydrogens is 236 g/mol. The maximum Gasteiger partial charge on any atom is 0.0600 e. The molecule has 0 atom stereocenters. The van der Waals surface area contributed by atoms with Crippen molar-refractivity contribution in [1.29, 1.82) is 0 Å². The minimum atomic E-state index is 0.00607. The Morgan fingerprint density at radius 1 is 0.947 bits per heavy atom. The average molecular weight is 268 g/mol. The van der Waals surface area contributed by atoms with Gasteiger partial charge >= 0.3 is 0 Å². The highest BCUT2D eigenvalue weighted by molar-refractivity contribution is 4.81. The van der Waals surface area contributed by atoms with E-state index in [0.717, 1.165) is 19.2 Å². The molecule has 2 heterocycles. The number of hydrogen-bond acceptors (Lipinski definition) is 3. The first-order valence-corrected chi connectivity index (χ1v) is 8.15. The Morgan fingerprint density at radius 2 is 1.58 bits per heavy atom. The standard InChI is InChI=1S/C16H32N2O/c1-16(2,3)19-14-13-17-11-7-15(8-12-17)18-9-5-4-6-10-18/h15H,4-14H2,1-3H3. The van der Waals surface area contributed by atoms with E-state index in [1.54, 1.807) is 0 Å². The Morgan fingerprint density at radius 3 is 2.16 bits per heavy atom. The summed E-state index contributed by atoms with van der Waals surface area (Å²) in [5.74, 6) is 0. The fraction of sp³-hybridized carbons (Fsp3) is 1.00. The lowest BCUT2D eigenvalue weighted by Gasteiger charge is -2.40. The lowest BCUT2D eigenvalue weighted by Crippen LogP contribution is -2.47. The smallest absolute Gasteiger partial charge is 0.0600 e. The van der Waals surface area contributed by atoms with Crippen LogP contribution < -0.4 is 0 Å². The van der Waals surface area contributed by atoms with E-state index in [9.17, 15) is 0 Å². The van der Waals surface area contributed by atoms with Crippen LogP contribution in [-0.4, -0.2) is 60.8 Å². The van der Waals surface area contributed by atoms with Gasteiger partial charge in [0.15, 0.2) is 0 Å². The molecule has 3 nitrogen and oxygen atoms in total. The summed E-state index contributed by atoms with van der Waals surface area (Å²) in [6, 6.07) is 0.861. The van der Waals surface area contributed by atoms with E-state index in [0.29, 0.717) is 0 Å². The summed E-state index contributed by atoms with van der Waals surface area (Å²) in [4.78, 5) is 5.32. The summed E-state index contributed by atoms with van der Waals surface area (Å²) in [7, 11) is 0. The first-order chi connectivity index (χ1) is 9.04. The van der Waals surface area contributed by atoms with Gasteiger partial charge in [-0.3, -0.25) is 0 Å². The number of likely N-dealkylation sites (tertiary alicyclic amines) is 2. The monoisotopic (exact) mass is 268 g/mol. The maximum atomic E-state index is 5.82. The van der Waals surface area contributed by atoms with Crippen LogP contribution in [-0.2, 0) is 4.74 Å². The number of piperidine rings is 2. The first kappa shape index (κ1) is 15.3. The summed E-state index contributed by atoms with van der Waals surface area (Å²) < 4.78 is 5.82. The SMILES string of the molecule is CC(C)(C)OCCN1CCC(N2CCCCC2)CC1. The van der Waals surface area contributed by atoms with Crippen LogP contribution in [0.25, 0.3) is 0 Å². The Balaban J connectivity index is 1.62. The lowest BCUT2D eigenvalue weighted by molar-refractivity contribution is -0.0181. The third-order valence-corrected chi connectivity index (χ3v) is 4.41. The second-order valence-corrected chi connectivity index (χ2v) is 7.13. The second-order valence-electron chi connectivity index (χ2n) is 7.13. The molecule has 0 N–H and O–H groups in total. The molecule has 3 heteroatoms. The van der Waals surface area contributed by atoms with Gasteiger partial charge in [0.2, 0.25) is 0 Å². The van der Waals surface area contributed by atoms with Gasteiger partial charge in [0, 0.05) is 12.6 Å². The Kier molecular flexibility index (Phi) is 5.67. The number of rotatable bonds is 4. The molecule has 0 saturated carbocycles. The molecule has 0 aromatic heterocycles. The van der Waals surface area contributed by atoms with Crippen LogP contribution in [0.2, 0.25) is 0 Å². The van der Waals surface area contributed by atoms with Crippen LogP contribution in [0.15, 0.2) is 0 Å². The van der Waals surface area contributed by atoms with Crippen LogP contribution >= 0.6 is 0 Å². The third kappa shape index (κ3) is 5.41. The van der Waals surface area contributed by atoms with Gasteiger partial charge in [-0.05, 0) is 72.6 Å². The van der Waals surface area contributed by atoms with E-state index in [4.69, 9.17) is 4.74 Å². The summed E-state index contributed by atoms with van der Waals surface area (Å²) >= 11 is 0. The summed E-state index contributed by atoms with van der Waals surface area (Å²) in [6.45, 7) is 13.6.